The monoisotopic (exact) mass is 485 g/mol. The number of aryl methyl sites for hydroxylation is 2. The normalized spacial score (nSPS) is 11.7. The van der Waals surface area contributed by atoms with E-state index in [1.54, 1.807) is 34.9 Å². The van der Waals surface area contributed by atoms with E-state index < -0.39 is 17.9 Å². The van der Waals surface area contributed by atoms with Gasteiger partial charge in [0.2, 0.25) is 5.91 Å². The lowest BCUT2D eigenvalue weighted by Gasteiger charge is -2.14. The van der Waals surface area contributed by atoms with Crippen molar-refractivity contribution < 1.29 is 19.5 Å². The highest BCUT2D eigenvalue weighted by Gasteiger charge is 2.22. The van der Waals surface area contributed by atoms with Crippen molar-refractivity contribution in [3.63, 3.8) is 0 Å². The van der Waals surface area contributed by atoms with Gasteiger partial charge < -0.3 is 21.1 Å². The molecule has 0 fully saturated rings. The fourth-order valence-corrected chi connectivity index (χ4v) is 3.95. The number of hydrogen-bond acceptors (Lipinski definition) is 5. The van der Waals surface area contributed by atoms with Crippen molar-refractivity contribution in [1.29, 1.82) is 0 Å². The third-order valence-corrected chi connectivity index (χ3v) is 5.82. The molecule has 1 atom stereocenters. The van der Waals surface area contributed by atoms with Gasteiger partial charge >= 0.3 is 5.97 Å². The van der Waals surface area contributed by atoms with E-state index >= 15 is 0 Å². The lowest BCUT2D eigenvalue weighted by Crippen LogP contribution is -2.38. The molecule has 0 radical (unpaired) electrons. The van der Waals surface area contributed by atoms with E-state index in [4.69, 9.17) is 4.98 Å². The molecule has 1 unspecified atom stereocenters. The van der Waals surface area contributed by atoms with Crippen molar-refractivity contribution in [2.24, 2.45) is 0 Å². The van der Waals surface area contributed by atoms with Gasteiger partial charge in [0.05, 0.1) is 5.56 Å². The Morgan fingerprint density at radius 3 is 2.25 bits per heavy atom. The summed E-state index contributed by atoms with van der Waals surface area (Å²) >= 11 is 0. The van der Waals surface area contributed by atoms with Crippen molar-refractivity contribution in [3.05, 3.63) is 77.5 Å². The van der Waals surface area contributed by atoms with Gasteiger partial charge in [0.1, 0.15) is 17.6 Å². The van der Waals surface area contributed by atoms with Gasteiger partial charge in [-0.2, -0.15) is 0 Å². The lowest BCUT2D eigenvalue weighted by molar-refractivity contribution is -0.138. The van der Waals surface area contributed by atoms with Crippen LogP contribution in [0.25, 0.3) is 16.9 Å². The van der Waals surface area contributed by atoms with Gasteiger partial charge in [-0.15, -0.1) is 0 Å². The summed E-state index contributed by atoms with van der Waals surface area (Å²) in [6.07, 6.45) is 1.80. The maximum atomic E-state index is 13.0. The van der Waals surface area contributed by atoms with E-state index in [0.29, 0.717) is 22.8 Å². The lowest BCUT2D eigenvalue weighted by atomic mass is 10.1. The van der Waals surface area contributed by atoms with Gasteiger partial charge in [0.25, 0.3) is 5.91 Å². The number of nitrogens with one attached hydrogen (secondary N) is 3. The van der Waals surface area contributed by atoms with Crippen molar-refractivity contribution in [3.8, 4) is 11.3 Å². The predicted octanol–water partition coefficient (Wildman–Crippen LogP) is 4.52. The molecule has 0 saturated carbocycles. The van der Waals surface area contributed by atoms with Crippen LogP contribution in [0.4, 0.5) is 17.2 Å². The number of nitrogens with zero attached hydrogens (tertiary/aromatic N) is 2. The van der Waals surface area contributed by atoms with Crippen LogP contribution in [0.5, 0.6) is 0 Å². The number of carboxylic acid groups (broad SMARTS) is 1. The van der Waals surface area contributed by atoms with Crippen LogP contribution in [-0.2, 0) is 9.59 Å². The van der Waals surface area contributed by atoms with E-state index in [1.165, 1.54) is 13.8 Å². The first-order valence-electron chi connectivity index (χ1n) is 11.4. The number of aromatic nitrogens is 2. The minimum atomic E-state index is -1.13. The molecule has 0 aliphatic heterocycles. The highest BCUT2D eigenvalue weighted by atomic mass is 16.4. The standard InChI is InChI=1S/C27H27N5O4/c1-15-7-5-8-16(2)22(15)30-25-23(19-10-12-20(13-11-19)29-18(4)33)31-24-21(9-6-14-32(24)25)26(34)28-17(3)27(35)36/h5-14,17,30H,1-4H3,(H,28,34)(H,29,33)(H,35,36). The zero-order valence-electron chi connectivity index (χ0n) is 20.4. The average Bonchev–Trinajstić information content (AvgIpc) is 3.20. The van der Waals surface area contributed by atoms with E-state index in [1.807, 2.05) is 44.2 Å². The zero-order valence-corrected chi connectivity index (χ0v) is 20.4. The summed E-state index contributed by atoms with van der Waals surface area (Å²) in [6.45, 7) is 6.86. The zero-order chi connectivity index (χ0) is 26.0. The first kappa shape index (κ1) is 24.5. The van der Waals surface area contributed by atoms with Crippen LogP contribution >= 0.6 is 0 Å². The molecule has 0 aliphatic rings. The number of anilines is 3. The summed E-state index contributed by atoms with van der Waals surface area (Å²) in [5.41, 5.74) is 5.65. The Bertz CT molecular complexity index is 1450. The topological polar surface area (TPSA) is 125 Å². The molecule has 0 bridgehead atoms. The fraction of sp³-hybridized carbons (Fsp3) is 0.185. The van der Waals surface area contributed by atoms with Crippen molar-refractivity contribution >= 4 is 40.6 Å². The summed E-state index contributed by atoms with van der Waals surface area (Å²) in [7, 11) is 0. The quantitative estimate of drug-likeness (QED) is 0.305. The maximum Gasteiger partial charge on any atom is 0.325 e. The number of carbonyl (C=O) groups is 3. The number of fused-ring (bicyclic) bond motifs is 1. The van der Waals surface area contributed by atoms with Crippen molar-refractivity contribution in [1.82, 2.24) is 14.7 Å². The van der Waals surface area contributed by atoms with Crippen LogP contribution in [0.1, 0.15) is 35.3 Å². The predicted molar refractivity (Wildman–Crippen MR) is 139 cm³/mol. The smallest absolute Gasteiger partial charge is 0.325 e. The number of pyridine rings is 1. The summed E-state index contributed by atoms with van der Waals surface area (Å²) in [5, 5.41) is 18.0. The molecule has 36 heavy (non-hydrogen) atoms. The second-order valence-corrected chi connectivity index (χ2v) is 8.61. The van der Waals surface area contributed by atoms with Gasteiger partial charge in [0.15, 0.2) is 5.65 Å². The van der Waals surface area contributed by atoms with E-state index in [2.05, 4.69) is 16.0 Å². The Hall–Kier alpha value is -4.66. The molecule has 2 heterocycles. The van der Waals surface area contributed by atoms with Gasteiger partial charge in [-0.25, -0.2) is 4.98 Å². The van der Waals surface area contributed by atoms with Gasteiger partial charge in [-0.05, 0) is 56.2 Å². The fourth-order valence-electron chi connectivity index (χ4n) is 3.95. The molecular weight excluding hydrogens is 458 g/mol. The van der Waals surface area contributed by atoms with Gasteiger partial charge in [-0.1, -0.05) is 30.3 Å². The summed E-state index contributed by atoms with van der Waals surface area (Å²) in [6, 6.07) is 15.5. The highest BCUT2D eigenvalue weighted by Crippen LogP contribution is 2.34. The maximum absolute atomic E-state index is 13.0. The van der Waals surface area contributed by atoms with E-state index in [-0.39, 0.29) is 11.5 Å². The summed E-state index contributed by atoms with van der Waals surface area (Å²) in [4.78, 5) is 40.4. The first-order chi connectivity index (χ1) is 17.2. The van der Waals surface area contributed by atoms with Crippen molar-refractivity contribution in [2.75, 3.05) is 10.6 Å². The Labute approximate surface area is 208 Å². The highest BCUT2D eigenvalue weighted by molar-refractivity contribution is 6.02. The number of carboxylic acids is 1. The van der Waals surface area contributed by atoms with E-state index in [0.717, 1.165) is 22.4 Å². The number of carbonyl (C=O) groups excluding carboxylic acids is 2. The number of rotatable bonds is 7. The number of hydrogen-bond donors (Lipinski definition) is 4. The molecule has 0 saturated heterocycles. The van der Waals surface area contributed by atoms with Crippen molar-refractivity contribution in [2.45, 2.75) is 33.7 Å². The number of imidazole rings is 1. The molecule has 184 valence electrons. The largest absolute Gasteiger partial charge is 0.480 e. The Morgan fingerprint density at radius 1 is 0.972 bits per heavy atom. The molecule has 4 rings (SSSR count). The molecule has 9 heteroatoms. The van der Waals surface area contributed by atoms with Crippen LogP contribution in [0, 0.1) is 13.8 Å². The van der Waals surface area contributed by atoms with Crippen LogP contribution in [0.15, 0.2) is 60.8 Å². The third-order valence-electron chi connectivity index (χ3n) is 5.82. The summed E-state index contributed by atoms with van der Waals surface area (Å²) < 4.78 is 1.78. The van der Waals surface area contributed by atoms with Crippen LogP contribution in [0.3, 0.4) is 0 Å². The van der Waals surface area contributed by atoms with Crippen LogP contribution in [-0.4, -0.2) is 38.3 Å². The van der Waals surface area contributed by atoms with Gasteiger partial charge in [-0.3, -0.25) is 18.8 Å². The van der Waals surface area contributed by atoms with Gasteiger partial charge in [0, 0.05) is 30.1 Å². The van der Waals surface area contributed by atoms with Crippen LogP contribution < -0.4 is 16.0 Å². The molecule has 9 nitrogen and oxygen atoms in total. The molecule has 4 aromatic rings. The Kier molecular flexibility index (Phi) is 6.73. The molecule has 2 aromatic carbocycles. The van der Waals surface area contributed by atoms with Crippen LogP contribution in [0.2, 0.25) is 0 Å². The molecule has 0 spiro atoms. The molecule has 2 amide bonds. The summed E-state index contributed by atoms with van der Waals surface area (Å²) in [5.74, 6) is -1.18. The Balaban J connectivity index is 1.87. The minimum Gasteiger partial charge on any atom is -0.480 e. The molecule has 4 N–H and O–H groups in total. The minimum absolute atomic E-state index is 0.167. The second-order valence-electron chi connectivity index (χ2n) is 8.61. The number of para-hydroxylation sites is 1. The Morgan fingerprint density at radius 2 is 1.64 bits per heavy atom. The average molecular weight is 486 g/mol. The number of benzene rings is 2. The van der Waals surface area contributed by atoms with E-state index in [9.17, 15) is 19.5 Å². The first-order valence-corrected chi connectivity index (χ1v) is 11.4. The second kappa shape index (κ2) is 9.91. The SMILES string of the molecule is CC(=O)Nc1ccc(-c2nc3c(C(=O)NC(C)C(=O)O)cccn3c2Nc2c(C)cccc2C)cc1. The molecular formula is C27H27N5O4. The molecule has 0 aliphatic carbocycles. The molecule has 2 aromatic heterocycles. The third kappa shape index (κ3) is 4.90. The number of aliphatic carboxylic acids is 1. The number of amides is 2.